The van der Waals surface area contributed by atoms with E-state index in [4.69, 9.17) is 13.9 Å². The lowest BCUT2D eigenvalue weighted by molar-refractivity contribution is -0.133. The first kappa shape index (κ1) is 13.9. The number of carbonyl (C=O) groups is 1. The van der Waals surface area contributed by atoms with Crippen LogP contribution in [-0.2, 0) is 9.53 Å². The number of hydrogen-bond acceptors (Lipinski definition) is 6. The lowest BCUT2D eigenvalue weighted by atomic mass is 10.0. The molecular formula is C16H12O6. The van der Waals surface area contributed by atoms with Crippen LogP contribution < -0.4 is 10.2 Å². The van der Waals surface area contributed by atoms with Gasteiger partial charge in [0.15, 0.2) is 0 Å². The summed E-state index contributed by atoms with van der Waals surface area (Å²) in [5.74, 6) is -1.04. The number of esters is 1. The normalized spacial score (nSPS) is 13.5. The van der Waals surface area contributed by atoms with Crippen LogP contribution in [0.3, 0.4) is 0 Å². The molecule has 6 heteroatoms. The van der Waals surface area contributed by atoms with Crippen LogP contribution in [0.4, 0.5) is 0 Å². The largest absolute Gasteiger partial charge is 0.507 e. The maximum absolute atomic E-state index is 12.7. The van der Waals surface area contributed by atoms with Gasteiger partial charge >= 0.3 is 11.9 Å². The van der Waals surface area contributed by atoms with Crippen LogP contribution in [0.1, 0.15) is 12.5 Å². The van der Waals surface area contributed by atoms with E-state index in [1.807, 2.05) is 0 Å². The van der Waals surface area contributed by atoms with Crippen LogP contribution in [0.25, 0.3) is 16.5 Å². The van der Waals surface area contributed by atoms with Gasteiger partial charge in [-0.15, -0.1) is 0 Å². The molecule has 0 unspecified atom stereocenters. The fraction of sp³-hybridized carbons (Fsp3) is 0.125. The first-order valence-electron chi connectivity index (χ1n) is 6.45. The summed E-state index contributed by atoms with van der Waals surface area (Å²) < 4.78 is 15.6. The summed E-state index contributed by atoms with van der Waals surface area (Å²) in [6.07, 6.45) is 2.84. The topological polar surface area (TPSA) is 86.0 Å². The summed E-state index contributed by atoms with van der Waals surface area (Å²) in [6, 6.07) is 4.44. The van der Waals surface area contributed by atoms with Crippen molar-refractivity contribution >= 4 is 22.5 Å². The molecule has 1 aliphatic heterocycles. The Morgan fingerprint density at radius 1 is 1.32 bits per heavy atom. The maximum atomic E-state index is 12.7. The smallest absolute Gasteiger partial charge is 0.338 e. The molecule has 0 saturated carbocycles. The minimum absolute atomic E-state index is 0.0146. The number of allylic oxidation sites excluding steroid dienone is 2. The number of phenolic OH excluding ortho intramolecular Hbond substituents is 1. The SMILES string of the molecule is COC(=O)C1=CC(C)=COc2oc3cccc(O)c3c(=O)c21. The molecule has 22 heavy (non-hydrogen) atoms. The highest BCUT2D eigenvalue weighted by molar-refractivity contribution is 6.18. The third-order valence-electron chi connectivity index (χ3n) is 3.26. The quantitative estimate of drug-likeness (QED) is 0.814. The zero-order valence-electron chi connectivity index (χ0n) is 11.9. The number of rotatable bonds is 1. The average molecular weight is 300 g/mol. The molecular weight excluding hydrogens is 288 g/mol. The third-order valence-corrected chi connectivity index (χ3v) is 3.26. The number of methoxy groups -OCH3 is 1. The van der Waals surface area contributed by atoms with Gasteiger partial charge in [0.2, 0.25) is 5.43 Å². The van der Waals surface area contributed by atoms with E-state index in [2.05, 4.69) is 0 Å². The Kier molecular flexibility index (Phi) is 3.21. The van der Waals surface area contributed by atoms with Gasteiger partial charge < -0.3 is 19.0 Å². The van der Waals surface area contributed by atoms with Crippen LogP contribution in [0.2, 0.25) is 0 Å². The molecule has 1 aliphatic rings. The Hall–Kier alpha value is -3.02. The van der Waals surface area contributed by atoms with Crippen molar-refractivity contribution in [3.05, 3.63) is 51.9 Å². The van der Waals surface area contributed by atoms with E-state index in [-0.39, 0.29) is 33.8 Å². The predicted molar refractivity (Wildman–Crippen MR) is 78.5 cm³/mol. The van der Waals surface area contributed by atoms with Crippen LogP contribution in [0, 0.1) is 0 Å². The molecule has 0 aliphatic carbocycles. The predicted octanol–water partition coefficient (Wildman–Crippen LogP) is 2.35. The molecule has 0 amide bonds. The standard InChI is InChI=1S/C16H12O6/c1-8-6-9(15(19)20-2)12-14(18)13-10(17)4-3-5-11(13)22-16(12)21-7-8/h3-7,17H,1-2H3. The average Bonchev–Trinajstić information content (AvgIpc) is 2.66. The zero-order chi connectivity index (χ0) is 15.9. The monoisotopic (exact) mass is 300 g/mol. The molecule has 0 radical (unpaired) electrons. The molecule has 2 heterocycles. The molecule has 1 aromatic heterocycles. The highest BCUT2D eigenvalue weighted by atomic mass is 16.6. The van der Waals surface area contributed by atoms with E-state index in [1.54, 1.807) is 13.0 Å². The van der Waals surface area contributed by atoms with Crippen molar-refractivity contribution in [2.45, 2.75) is 6.92 Å². The number of hydrogen-bond donors (Lipinski definition) is 1. The molecule has 0 spiro atoms. The summed E-state index contributed by atoms with van der Waals surface area (Å²) in [7, 11) is 1.22. The van der Waals surface area contributed by atoms with E-state index in [0.717, 1.165) is 0 Å². The van der Waals surface area contributed by atoms with E-state index < -0.39 is 11.4 Å². The van der Waals surface area contributed by atoms with E-state index in [1.165, 1.54) is 31.6 Å². The molecule has 6 nitrogen and oxygen atoms in total. The van der Waals surface area contributed by atoms with Crippen molar-refractivity contribution in [1.29, 1.82) is 0 Å². The Morgan fingerprint density at radius 2 is 2.09 bits per heavy atom. The van der Waals surface area contributed by atoms with E-state index in [9.17, 15) is 14.7 Å². The van der Waals surface area contributed by atoms with Gasteiger partial charge in [0.05, 0.1) is 18.9 Å². The van der Waals surface area contributed by atoms with Gasteiger partial charge in [0, 0.05) is 0 Å². The van der Waals surface area contributed by atoms with Crippen molar-refractivity contribution in [2.24, 2.45) is 0 Å². The molecule has 3 rings (SSSR count). The van der Waals surface area contributed by atoms with Gasteiger partial charge in [-0.1, -0.05) is 6.07 Å². The van der Waals surface area contributed by atoms with Crippen molar-refractivity contribution < 1.29 is 23.8 Å². The second-order valence-corrected chi connectivity index (χ2v) is 4.77. The highest BCUT2D eigenvalue weighted by Gasteiger charge is 2.27. The maximum Gasteiger partial charge on any atom is 0.338 e. The number of phenols is 1. The Balaban J connectivity index is 2.43. The molecule has 112 valence electrons. The summed E-state index contributed by atoms with van der Waals surface area (Å²) in [4.78, 5) is 24.7. The highest BCUT2D eigenvalue weighted by Crippen LogP contribution is 2.33. The van der Waals surface area contributed by atoms with E-state index >= 15 is 0 Å². The van der Waals surface area contributed by atoms with Crippen molar-refractivity contribution in [3.8, 4) is 11.7 Å². The van der Waals surface area contributed by atoms with Gasteiger partial charge in [0.1, 0.15) is 22.3 Å². The Labute approximate surface area is 124 Å². The molecule has 1 N–H and O–H groups in total. The number of benzene rings is 1. The van der Waals surface area contributed by atoms with E-state index in [0.29, 0.717) is 5.57 Å². The summed E-state index contributed by atoms with van der Waals surface area (Å²) >= 11 is 0. The zero-order valence-corrected chi connectivity index (χ0v) is 11.9. The first-order valence-corrected chi connectivity index (χ1v) is 6.45. The van der Waals surface area contributed by atoms with Crippen molar-refractivity contribution in [2.75, 3.05) is 7.11 Å². The molecule has 0 bridgehead atoms. The molecule has 0 fully saturated rings. The minimum atomic E-state index is -0.693. The number of ether oxygens (including phenoxy) is 2. The van der Waals surface area contributed by atoms with Crippen LogP contribution in [-0.4, -0.2) is 18.2 Å². The van der Waals surface area contributed by atoms with Gasteiger partial charge in [-0.2, -0.15) is 0 Å². The van der Waals surface area contributed by atoms with Gasteiger partial charge in [-0.05, 0) is 30.7 Å². The van der Waals surface area contributed by atoms with Crippen LogP contribution in [0.15, 0.2) is 45.3 Å². The fourth-order valence-electron chi connectivity index (χ4n) is 2.27. The Bertz CT molecular complexity index is 901. The molecule has 1 aromatic carbocycles. The summed E-state index contributed by atoms with van der Waals surface area (Å²) in [5.41, 5.74) is 0.158. The van der Waals surface area contributed by atoms with Gasteiger partial charge in [-0.25, -0.2) is 4.79 Å². The molecule has 2 aromatic rings. The number of fused-ring (bicyclic) bond motifs is 2. The third kappa shape index (κ3) is 2.05. The fourth-order valence-corrected chi connectivity index (χ4v) is 2.27. The Morgan fingerprint density at radius 3 is 2.82 bits per heavy atom. The second-order valence-electron chi connectivity index (χ2n) is 4.77. The van der Waals surface area contributed by atoms with Crippen LogP contribution in [0.5, 0.6) is 11.7 Å². The van der Waals surface area contributed by atoms with Crippen LogP contribution >= 0.6 is 0 Å². The summed E-state index contributed by atoms with van der Waals surface area (Å²) in [6.45, 7) is 1.70. The molecule has 0 saturated heterocycles. The van der Waals surface area contributed by atoms with Gasteiger partial charge in [-0.3, -0.25) is 4.79 Å². The second kappa shape index (κ2) is 5.07. The minimum Gasteiger partial charge on any atom is -0.507 e. The number of aromatic hydroxyl groups is 1. The van der Waals surface area contributed by atoms with Gasteiger partial charge in [0.25, 0.3) is 0 Å². The van der Waals surface area contributed by atoms with Crippen molar-refractivity contribution in [1.82, 2.24) is 0 Å². The van der Waals surface area contributed by atoms with Crippen molar-refractivity contribution in [3.63, 3.8) is 0 Å². The number of carbonyl (C=O) groups excluding carboxylic acids is 1. The summed E-state index contributed by atoms with van der Waals surface area (Å²) in [5, 5.41) is 9.89. The lowest BCUT2D eigenvalue weighted by Gasteiger charge is -2.09. The molecule has 0 atom stereocenters. The lowest BCUT2D eigenvalue weighted by Crippen LogP contribution is -2.15. The first-order chi connectivity index (χ1) is 10.5.